The van der Waals surface area contributed by atoms with Gasteiger partial charge in [0.2, 0.25) is 0 Å². The van der Waals surface area contributed by atoms with Crippen LogP contribution in [0.25, 0.3) is 16.7 Å². The van der Waals surface area contributed by atoms with Crippen LogP contribution in [0.1, 0.15) is 0 Å². The van der Waals surface area contributed by atoms with Crippen LogP contribution in [0.2, 0.25) is 0 Å². The maximum Gasteiger partial charge on any atom is 0.168 e. The summed E-state index contributed by atoms with van der Waals surface area (Å²) in [5, 5.41) is 8.60. The number of fused-ring (bicyclic) bond motifs is 1. The monoisotopic (exact) mass is 347 g/mol. The summed E-state index contributed by atoms with van der Waals surface area (Å²) in [5.41, 5.74) is 2.53. The molecule has 0 saturated heterocycles. The predicted octanol–water partition coefficient (Wildman–Crippen LogP) is 3.58. The van der Waals surface area contributed by atoms with Crippen LogP contribution in [0, 0.1) is 0 Å². The molecule has 2 aromatic carbocycles. The van der Waals surface area contributed by atoms with Gasteiger partial charge in [-0.25, -0.2) is 14.6 Å². The number of methoxy groups -OCH3 is 2. The number of rotatable bonds is 5. The summed E-state index contributed by atoms with van der Waals surface area (Å²) in [4.78, 5) is 8.74. The van der Waals surface area contributed by atoms with Crippen LogP contribution in [-0.4, -0.2) is 34.0 Å². The topological polar surface area (TPSA) is 74.1 Å². The van der Waals surface area contributed by atoms with Crippen molar-refractivity contribution in [3.63, 3.8) is 0 Å². The highest BCUT2D eigenvalue weighted by Crippen LogP contribution is 2.26. The molecular weight excluding hydrogens is 330 g/mol. The van der Waals surface area contributed by atoms with E-state index < -0.39 is 0 Å². The van der Waals surface area contributed by atoms with Crippen molar-refractivity contribution in [2.45, 2.75) is 0 Å². The fourth-order valence-corrected chi connectivity index (χ4v) is 2.67. The summed E-state index contributed by atoms with van der Waals surface area (Å²) in [7, 11) is 3.28. The van der Waals surface area contributed by atoms with E-state index in [1.807, 2.05) is 48.5 Å². The second-order valence-corrected chi connectivity index (χ2v) is 5.57. The molecule has 0 amide bonds. The Morgan fingerprint density at radius 1 is 0.846 bits per heavy atom. The van der Waals surface area contributed by atoms with Gasteiger partial charge in [-0.1, -0.05) is 0 Å². The molecule has 26 heavy (non-hydrogen) atoms. The van der Waals surface area contributed by atoms with E-state index in [-0.39, 0.29) is 0 Å². The molecule has 0 radical (unpaired) electrons. The third-order valence-electron chi connectivity index (χ3n) is 4.04. The molecule has 4 rings (SSSR count). The number of ether oxygens (including phenoxy) is 2. The lowest BCUT2D eigenvalue weighted by molar-refractivity contribution is 0.414. The normalized spacial score (nSPS) is 10.7. The Kier molecular flexibility index (Phi) is 4.10. The van der Waals surface area contributed by atoms with Crippen molar-refractivity contribution < 1.29 is 9.47 Å². The molecule has 0 unspecified atom stereocenters. The Labute approximate surface area is 150 Å². The molecule has 0 aliphatic heterocycles. The van der Waals surface area contributed by atoms with Crippen molar-refractivity contribution in [1.29, 1.82) is 0 Å². The van der Waals surface area contributed by atoms with E-state index in [1.165, 1.54) is 6.33 Å². The van der Waals surface area contributed by atoms with Crippen LogP contribution in [-0.2, 0) is 0 Å². The summed E-state index contributed by atoms with van der Waals surface area (Å²) in [6, 6.07) is 15.3. The van der Waals surface area contributed by atoms with Gasteiger partial charge in [0.25, 0.3) is 0 Å². The fourth-order valence-electron chi connectivity index (χ4n) is 2.67. The number of anilines is 2. The van der Waals surface area contributed by atoms with E-state index in [4.69, 9.17) is 9.47 Å². The molecule has 0 atom stereocenters. The maximum absolute atomic E-state index is 5.20. The number of nitrogens with one attached hydrogen (secondary N) is 1. The maximum atomic E-state index is 5.20. The first-order chi connectivity index (χ1) is 12.8. The van der Waals surface area contributed by atoms with E-state index in [0.29, 0.717) is 5.82 Å². The van der Waals surface area contributed by atoms with Crippen molar-refractivity contribution in [3.05, 3.63) is 61.1 Å². The predicted molar refractivity (Wildman–Crippen MR) is 99.5 cm³/mol. The van der Waals surface area contributed by atoms with Crippen molar-refractivity contribution in [2.24, 2.45) is 0 Å². The van der Waals surface area contributed by atoms with Crippen LogP contribution in [0.5, 0.6) is 11.5 Å². The van der Waals surface area contributed by atoms with Gasteiger partial charge in [-0.2, -0.15) is 5.10 Å². The standard InChI is InChI=1S/C19H17N5O2/c1-25-15-7-3-13(4-8-15)23-18-17-11-22-24(19(17)21-12-20-18)14-5-9-16(26-2)10-6-14/h3-12H,1-2H3,(H,20,21,23). The van der Waals surface area contributed by atoms with Crippen LogP contribution in [0.15, 0.2) is 61.1 Å². The van der Waals surface area contributed by atoms with Crippen molar-refractivity contribution in [1.82, 2.24) is 19.7 Å². The second-order valence-electron chi connectivity index (χ2n) is 5.57. The van der Waals surface area contributed by atoms with Gasteiger partial charge >= 0.3 is 0 Å². The number of benzene rings is 2. The smallest absolute Gasteiger partial charge is 0.168 e. The summed E-state index contributed by atoms with van der Waals surface area (Å²) in [5.74, 6) is 2.29. The molecule has 7 nitrogen and oxygen atoms in total. The first kappa shape index (κ1) is 15.9. The molecule has 0 aliphatic rings. The first-order valence-electron chi connectivity index (χ1n) is 8.03. The number of aromatic nitrogens is 4. The van der Waals surface area contributed by atoms with Gasteiger partial charge in [-0.05, 0) is 48.5 Å². The van der Waals surface area contributed by atoms with Crippen LogP contribution >= 0.6 is 0 Å². The van der Waals surface area contributed by atoms with Crippen molar-refractivity contribution >= 4 is 22.5 Å². The van der Waals surface area contributed by atoms with Gasteiger partial charge in [0.05, 0.1) is 31.5 Å². The Balaban J connectivity index is 1.69. The van der Waals surface area contributed by atoms with Gasteiger partial charge in [0, 0.05) is 5.69 Å². The third-order valence-corrected chi connectivity index (χ3v) is 4.04. The van der Waals surface area contributed by atoms with Gasteiger partial charge in [-0.3, -0.25) is 0 Å². The summed E-state index contributed by atoms with van der Waals surface area (Å²) >= 11 is 0. The summed E-state index contributed by atoms with van der Waals surface area (Å²) < 4.78 is 12.2. The van der Waals surface area contributed by atoms with Gasteiger partial charge in [0.15, 0.2) is 5.65 Å². The van der Waals surface area contributed by atoms with Crippen LogP contribution < -0.4 is 14.8 Å². The molecule has 0 spiro atoms. The molecule has 0 bridgehead atoms. The van der Waals surface area contributed by atoms with Gasteiger partial charge in [-0.15, -0.1) is 0 Å². The Bertz CT molecular complexity index is 1030. The molecule has 1 N–H and O–H groups in total. The third kappa shape index (κ3) is 2.90. The quantitative estimate of drug-likeness (QED) is 0.595. The zero-order chi connectivity index (χ0) is 17.9. The molecule has 2 aromatic heterocycles. The van der Waals surface area contributed by atoms with Gasteiger partial charge in [0.1, 0.15) is 23.6 Å². The summed E-state index contributed by atoms with van der Waals surface area (Å²) in [6.45, 7) is 0. The Hall–Kier alpha value is -3.61. The average molecular weight is 347 g/mol. The zero-order valence-electron chi connectivity index (χ0n) is 14.4. The first-order valence-corrected chi connectivity index (χ1v) is 8.03. The van der Waals surface area contributed by atoms with Crippen LogP contribution in [0.3, 0.4) is 0 Å². The van der Waals surface area contributed by atoms with Gasteiger partial charge < -0.3 is 14.8 Å². The minimum Gasteiger partial charge on any atom is -0.497 e. The van der Waals surface area contributed by atoms with E-state index in [0.717, 1.165) is 33.9 Å². The number of nitrogens with zero attached hydrogens (tertiary/aromatic N) is 4. The highest BCUT2D eigenvalue weighted by molar-refractivity contribution is 5.89. The lowest BCUT2D eigenvalue weighted by Crippen LogP contribution is -1.99. The van der Waals surface area contributed by atoms with E-state index in [9.17, 15) is 0 Å². The second kappa shape index (κ2) is 6.72. The highest BCUT2D eigenvalue weighted by Gasteiger charge is 2.11. The SMILES string of the molecule is COc1ccc(Nc2ncnc3c2cnn3-c2ccc(OC)cc2)cc1. The van der Waals surface area contributed by atoms with E-state index in [1.54, 1.807) is 25.1 Å². The fraction of sp³-hybridized carbons (Fsp3) is 0.105. The lowest BCUT2D eigenvalue weighted by Gasteiger charge is -2.08. The number of hydrogen-bond donors (Lipinski definition) is 1. The zero-order valence-corrected chi connectivity index (χ0v) is 14.4. The molecule has 0 fully saturated rings. The minimum atomic E-state index is 0.694. The van der Waals surface area contributed by atoms with Crippen molar-refractivity contribution in [2.75, 3.05) is 19.5 Å². The van der Waals surface area contributed by atoms with Crippen LogP contribution in [0.4, 0.5) is 11.5 Å². The largest absolute Gasteiger partial charge is 0.497 e. The molecule has 0 aliphatic carbocycles. The number of hydrogen-bond acceptors (Lipinski definition) is 6. The molecule has 2 heterocycles. The highest BCUT2D eigenvalue weighted by atomic mass is 16.5. The molecular formula is C19H17N5O2. The summed E-state index contributed by atoms with van der Waals surface area (Å²) in [6.07, 6.45) is 3.28. The van der Waals surface area contributed by atoms with E-state index >= 15 is 0 Å². The van der Waals surface area contributed by atoms with E-state index in [2.05, 4.69) is 20.4 Å². The lowest BCUT2D eigenvalue weighted by atomic mass is 10.3. The Morgan fingerprint density at radius 2 is 1.50 bits per heavy atom. The molecule has 7 heteroatoms. The minimum absolute atomic E-state index is 0.694. The molecule has 4 aromatic rings. The average Bonchev–Trinajstić information content (AvgIpc) is 3.14. The molecule has 0 saturated carbocycles. The Morgan fingerprint density at radius 3 is 2.15 bits per heavy atom. The molecule has 130 valence electrons. The van der Waals surface area contributed by atoms with Crippen molar-refractivity contribution in [3.8, 4) is 17.2 Å².